The molecule has 3 nitrogen and oxygen atoms in total. The summed E-state index contributed by atoms with van der Waals surface area (Å²) in [5, 5.41) is 0.736. The maximum absolute atomic E-state index is 11.7. The summed E-state index contributed by atoms with van der Waals surface area (Å²) >= 11 is 6.18. The largest absolute Gasteiger partial charge is 0.460 e. The fourth-order valence-corrected chi connectivity index (χ4v) is 2.38. The second-order valence-electron chi connectivity index (χ2n) is 5.93. The van der Waals surface area contributed by atoms with Crippen molar-refractivity contribution in [1.29, 1.82) is 0 Å². The molecular formula is C16H24ClNO2. The third-order valence-electron chi connectivity index (χ3n) is 2.98. The van der Waals surface area contributed by atoms with Gasteiger partial charge in [-0.2, -0.15) is 0 Å². The molecule has 0 aromatic heterocycles. The van der Waals surface area contributed by atoms with E-state index in [9.17, 15) is 4.79 Å². The number of carbonyl (C=O) groups is 1. The van der Waals surface area contributed by atoms with Crippen LogP contribution in [-0.2, 0) is 9.53 Å². The number of hydrogen-bond acceptors (Lipinski definition) is 3. The number of benzene rings is 1. The van der Waals surface area contributed by atoms with Crippen molar-refractivity contribution >= 4 is 17.6 Å². The third kappa shape index (κ3) is 5.93. The van der Waals surface area contributed by atoms with Gasteiger partial charge >= 0.3 is 5.97 Å². The van der Waals surface area contributed by atoms with Crippen molar-refractivity contribution in [2.45, 2.75) is 51.6 Å². The molecule has 0 fully saturated rings. The van der Waals surface area contributed by atoms with Crippen LogP contribution in [0.2, 0.25) is 5.02 Å². The normalized spacial score (nSPS) is 13.1. The Balaban J connectivity index is 2.47. The fraction of sp³-hybridized carbons (Fsp3) is 0.562. The van der Waals surface area contributed by atoms with E-state index >= 15 is 0 Å². The highest BCUT2D eigenvalue weighted by Gasteiger charge is 2.17. The topological polar surface area (TPSA) is 52.3 Å². The van der Waals surface area contributed by atoms with Crippen LogP contribution in [-0.4, -0.2) is 18.1 Å². The van der Waals surface area contributed by atoms with Crippen LogP contribution in [0, 0.1) is 0 Å². The molecule has 0 saturated heterocycles. The molecule has 0 aliphatic carbocycles. The molecule has 20 heavy (non-hydrogen) atoms. The first-order chi connectivity index (χ1) is 9.33. The van der Waals surface area contributed by atoms with Crippen molar-refractivity contribution < 1.29 is 9.53 Å². The number of halogens is 1. The zero-order valence-electron chi connectivity index (χ0n) is 12.5. The van der Waals surface area contributed by atoms with Crippen molar-refractivity contribution in [3.8, 4) is 0 Å². The summed E-state index contributed by atoms with van der Waals surface area (Å²) in [4.78, 5) is 11.7. The third-order valence-corrected chi connectivity index (χ3v) is 3.33. The molecule has 1 aromatic carbocycles. The Hall–Kier alpha value is -1.06. The molecule has 2 N–H and O–H groups in total. The van der Waals surface area contributed by atoms with Crippen LogP contribution in [0.4, 0.5) is 0 Å². The molecule has 1 aromatic rings. The highest BCUT2D eigenvalue weighted by Crippen LogP contribution is 2.27. The maximum atomic E-state index is 11.7. The lowest BCUT2D eigenvalue weighted by Gasteiger charge is -2.20. The fourth-order valence-electron chi connectivity index (χ4n) is 2.09. The van der Waals surface area contributed by atoms with Gasteiger partial charge in [-0.1, -0.05) is 29.8 Å². The first-order valence-corrected chi connectivity index (χ1v) is 7.37. The summed E-state index contributed by atoms with van der Waals surface area (Å²) in [6, 6.07) is 7.72. The molecule has 0 bridgehead atoms. The minimum atomic E-state index is -0.424. The first-order valence-electron chi connectivity index (χ1n) is 7.00. The lowest BCUT2D eigenvalue weighted by Crippen LogP contribution is -2.23. The zero-order valence-corrected chi connectivity index (χ0v) is 13.2. The Morgan fingerprint density at radius 3 is 2.55 bits per heavy atom. The summed E-state index contributed by atoms with van der Waals surface area (Å²) in [5.74, 6) is 0.0265. The highest BCUT2D eigenvalue weighted by molar-refractivity contribution is 6.31. The summed E-state index contributed by atoms with van der Waals surface area (Å²) in [7, 11) is 0. The number of hydrogen-bond donors (Lipinski definition) is 1. The van der Waals surface area contributed by atoms with E-state index in [0.29, 0.717) is 13.0 Å². The van der Waals surface area contributed by atoms with Crippen molar-refractivity contribution in [3.63, 3.8) is 0 Å². The quantitative estimate of drug-likeness (QED) is 0.810. The summed E-state index contributed by atoms with van der Waals surface area (Å²) in [6.07, 6.45) is 2.00. The second kappa shape index (κ2) is 7.65. The Morgan fingerprint density at radius 1 is 1.35 bits per heavy atom. The van der Waals surface area contributed by atoms with Crippen molar-refractivity contribution in [2.24, 2.45) is 5.73 Å². The second-order valence-corrected chi connectivity index (χ2v) is 6.34. The lowest BCUT2D eigenvalue weighted by atomic mass is 9.93. The van der Waals surface area contributed by atoms with E-state index in [1.807, 2.05) is 45.0 Å². The Bertz CT molecular complexity index is 440. The van der Waals surface area contributed by atoms with E-state index in [-0.39, 0.29) is 11.9 Å². The van der Waals surface area contributed by atoms with Gasteiger partial charge in [0.15, 0.2) is 0 Å². The van der Waals surface area contributed by atoms with Crippen molar-refractivity contribution in [3.05, 3.63) is 34.9 Å². The van der Waals surface area contributed by atoms with Gasteiger partial charge in [-0.3, -0.25) is 4.79 Å². The van der Waals surface area contributed by atoms with Gasteiger partial charge in [0.05, 0.1) is 0 Å². The number of ether oxygens (including phenoxy) is 1. The predicted molar refractivity (Wildman–Crippen MR) is 82.9 cm³/mol. The van der Waals surface area contributed by atoms with Gasteiger partial charge < -0.3 is 10.5 Å². The molecule has 1 unspecified atom stereocenters. The molecule has 1 atom stereocenters. The van der Waals surface area contributed by atoms with Crippen molar-refractivity contribution in [1.82, 2.24) is 0 Å². The molecule has 0 radical (unpaired) electrons. The molecular weight excluding hydrogens is 274 g/mol. The Morgan fingerprint density at radius 2 is 2.00 bits per heavy atom. The van der Waals surface area contributed by atoms with E-state index in [1.165, 1.54) is 0 Å². The summed E-state index contributed by atoms with van der Waals surface area (Å²) < 4.78 is 5.29. The van der Waals surface area contributed by atoms with E-state index < -0.39 is 5.60 Å². The minimum Gasteiger partial charge on any atom is -0.460 e. The van der Waals surface area contributed by atoms with Gasteiger partial charge in [-0.05, 0) is 57.7 Å². The standard InChI is InChI=1S/C16H24ClNO2/c1-16(2,3)20-15(19)10-6-7-12(11-18)13-8-4-5-9-14(13)17/h4-5,8-9,12H,6-7,10-11,18H2,1-3H3. The van der Waals surface area contributed by atoms with E-state index in [0.717, 1.165) is 23.4 Å². The van der Waals surface area contributed by atoms with E-state index in [4.69, 9.17) is 22.1 Å². The average molecular weight is 298 g/mol. The summed E-state index contributed by atoms with van der Waals surface area (Å²) in [5.41, 5.74) is 6.45. The molecule has 1 rings (SSSR count). The van der Waals surface area contributed by atoms with E-state index in [1.54, 1.807) is 0 Å². The van der Waals surface area contributed by atoms with Crippen molar-refractivity contribution in [2.75, 3.05) is 6.54 Å². The first kappa shape index (κ1) is 17.0. The highest BCUT2D eigenvalue weighted by atomic mass is 35.5. The predicted octanol–water partition coefficient (Wildman–Crippen LogP) is 3.89. The SMILES string of the molecule is CC(C)(C)OC(=O)CCCC(CN)c1ccccc1Cl. The van der Waals surface area contributed by atoms with Crippen LogP contribution in [0.3, 0.4) is 0 Å². The van der Waals surface area contributed by atoms with Crippen LogP contribution in [0.25, 0.3) is 0 Å². The molecule has 0 aliphatic heterocycles. The van der Waals surface area contributed by atoms with Gasteiger partial charge in [0, 0.05) is 11.4 Å². The number of carbonyl (C=O) groups excluding carboxylic acids is 1. The van der Waals surface area contributed by atoms with Gasteiger partial charge in [-0.25, -0.2) is 0 Å². The molecule has 112 valence electrons. The Kier molecular flexibility index (Phi) is 6.50. The maximum Gasteiger partial charge on any atom is 0.306 e. The minimum absolute atomic E-state index is 0.160. The summed E-state index contributed by atoms with van der Waals surface area (Å²) in [6.45, 7) is 6.14. The van der Waals surface area contributed by atoms with Gasteiger partial charge in [-0.15, -0.1) is 0 Å². The monoisotopic (exact) mass is 297 g/mol. The molecule has 4 heteroatoms. The van der Waals surface area contributed by atoms with Crippen LogP contribution in [0.5, 0.6) is 0 Å². The van der Waals surface area contributed by atoms with Crippen LogP contribution < -0.4 is 5.73 Å². The van der Waals surface area contributed by atoms with Crippen LogP contribution in [0.1, 0.15) is 51.5 Å². The van der Waals surface area contributed by atoms with Gasteiger partial charge in [0.25, 0.3) is 0 Å². The molecule has 0 aliphatic rings. The van der Waals surface area contributed by atoms with Crippen LogP contribution in [0.15, 0.2) is 24.3 Å². The molecule has 0 heterocycles. The molecule has 0 saturated carbocycles. The average Bonchev–Trinajstić information content (AvgIpc) is 2.34. The molecule has 0 spiro atoms. The van der Waals surface area contributed by atoms with Gasteiger partial charge in [0.2, 0.25) is 0 Å². The molecule has 0 amide bonds. The number of esters is 1. The van der Waals surface area contributed by atoms with Gasteiger partial charge in [0.1, 0.15) is 5.60 Å². The lowest BCUT2D eigenvalue weighted by molar-refractivity contribution is -0.154. The zero-order chi connectivity index (χ0) is 15.2. The number of nitrogens with two attached hydrogens (primary N) is 1. The van der Waals surface area contributed by atoms with Crippen LogP contribution >= 0.6 is 11.6 Å². The smallest absolute Gasteiger partial charge is 0.306 e. The number of rotatable bonds is 6. The Labute approximate surface area is 126 Å². The van der Waals surface area contributed by atoms with E-state index in [2.05, 4.69) is 0 Å².